The van der Waals surface area contributed by atoms with Gasteiger partial charge in [0.25, 0.3) is 0 Å². The number of allylic oxidation sites excluding steroid dienone is 2. The Balaban J connectivity index is 2.42. The van der Waals surface area contributed by atoms with Crippen LogP contribution in [0.2, 0.25) is 0 Å². The number of hydrogen-bond acceptors (Lipinski definition) is 2. The summed E-state index contributed by atoms with van der Waals surface area (Å²) >= 11 is 5.94. The van der Waals surface area contributed by atoms with Crippen molar-refractivity contribution in [3.63, 3.8) is 0 Å². The van der Waals surface area contributed by atoms with Crippen molar-refractivity contribution < 1.29 is 0 Å². The molecule has 1 aromatic rings. The summed E-state index contributed by atoms with van der Waals surface area (Å²) in [5.41, 5.74) is 2.20. The van der Waals surface area contributed by atoms with Crippen LogP contribution < -0.4 is 5.32 Å². The number of rotatable bonds is 1. The number of halogens is 1. The van der Waals surface area contributed by atoms with Crippen molar-refractivity contribution in [2.75, 3.05) is 0 Å². The van der Waals surface area contributed by atoms with Crippen molar-refractivity contribution in [3.8, 4) is 0 Å². The minimum absolute atomic E-state index is 0.179. The van der Waals surface area contributed by atoms with Crippen LogP contribution in [-0.2, 0) is 5.54 Å². The summed E-state index contributed by atoms with van der Waals surface area (Å²) in [5.74, 6) is 0. The number of nitrogens with zero attached hydrogens (tertiary/aromatic N) is 1. The monoisotopic (exact) mass is 220 g/mol. The van der Waals surface area contributed by atoms with Crippen LogP contribution >= 0.6 is 11.6 Å². The van der Waals surface area contributed by atoms with E-state index >= 15 is 0 Å². The highest BCUT2D eigenvalue weighted by Crippen LogP contribution is 2.32. The number of aromatic nitrogens is 1. The summed E-state index contributed by atoms with van der Waals surface area (Å²) in [6, 6.07) is 4.02. The molecule has 0 fully saturated rings. The van der Waals surface area contributed by atoms with E-state index in [2.05, 4.69) is 24.1 Å². The molecular formula is C12H13ClN2. The van der Waals surface area contributed by atoms with Gasteiger partial charge in [0.15, 0.2) is 0 Å². The Bertz CT molecular complexity index is 423. The molecule has 0 aromatic carbocycles. The van der Waals surface area contributed by atoms with Crippen molar-refractivity contribution in [3.05, 3.63) is 53.0 Å². The predicted octanol–water partition coefficient (Wildman–Crippen LogP) is 2.93. The van der Waals surface area contributed by atoms with Crippen LogP contribution in [0, 0.1) is 0 Å². The van der Waals surface area contributed by atoms with Gasteiger partial charge in [0.1, 0.15) is 0 Å². The fraction of sp³-hybridized carbons (Fsp3) is 0.250. The van der Waals surface area contributed by atoms with Crippen LogP contribution in [0.15, 0.2) is 47.4 Å². The van der Waals surface area contributed by atoms with E-state index in [0.717, 1.165) is 5.03 Å². The smallest absolute Gasteiger partial charge is 0.0808 e. The standard InChI is InChI=1S/C12H13ClN2/c1-9-7-11(13)8-15-12(9,2)10-3-5-14-6-4-10/h3-8,15H,1-2H3. The largest absolute Gasteiger partial charge is 0.377 e. The SMILES string of the molecule is CC1=CC(Cl)=CNC1(C)c1ccncc1. The number of hydrogen-bond donors (Lipinski definition) is 1. The predicted molar refractivity (Wildman–Crippen MR) is 62.4 cm³/mol. The number of nitrogens with one attached hydrogen (secondary N) is 1. The molecule has 2 rings (SSSR count). The van der Waals surface area contributed by atoms with E-state index in [0.29, 0.717) is 0 Å². The molecule has 0 bridgehead atoms. The van der Waals surface area contributed by atoms with E-state index in [9.17, 15) is 0 Å². The van der Waals surface area contributed by atoms with Crippen LogP contribution in [-0.4, -0.2) is 4.98 Å². The molecule has 0 spiro atoms. The van der Waals surface area contributed by atoms with Gasteiger partial charge in [-0.25, -0.2) is 0 Å². The fourth-order valence-corrected chi connectivity index (χ4v) is 1.93. The molecule has 1 aliphatic rings. The lowest BCUT2D eigenvalue weighted by Crippen LogP contribution is -2.39. The molecule has 0 radical (unpaired) electrons. The van der Waals surface area contributed by atoms with Crippen LogP contribution in [0.25, 0.3) is 0 Å². The van der Waals surface area contributed by atoms with Crippen LogP contribution in [0.3, 0.4) is 0 Å². The highest BCUT2D eigenvalue weighted by molar-refractivity contribution is 6.31. The third kappa shape index (κ3) is 1.77. The fourth-order valence-electron chi connectivity index (χ4n) is 1.72. The van der Waals surface area contributed by atoms with Gasteiger partial charge in [0.05, 0.1) is 10.6 Å². The molecule has 0 aliphatic carbocycles. The Morgan fingerprint density at radius 1 is 1.33 bits per heavy atom. The summed E-state index contributed by atoms with van der Waals surface area (Å²) in [5, 5.41) is 4.06. The van der Waals surface area contributed by atoms with Crippen LogP contribution in [0.4, 0.5) is 0 Å². The summed E-state index contributed by atoms with van der Waals surface area (Å²) in [6.07, 6.45) is 7.42. The Kier molecular flexibility index (Phi) is 2.53. The highest BCUT2D eigenvalue weighted by Gasteiger charge is 2.29. The Morgan fingerprint density at radius 3 is 2.60 bits per heavy atom. The maximum absolute atomic E-state index is 5.94. The molecule has 0 saturated heterocycles. The van der Waals surface area contributed by atoms with Crippen LogP contribution in [0.5, 0.6) is 0 Å². The van der Waals surface area contributed by atoms with E-state index in [4.69, 9.17) is 11.6 Å². The van der Waals surface area contributed by atoms with Gasteiger partial charge >= 0.3 is 0 Å². The molecule has 1 aromatic heterocycles. The Morgan fingerprint density at radius 2 is 2.00 bits per heavy atom. The van der Waals surface area contributed by atoms with E-state index in [-0.39, 0.29) is 5.54 Å². The average Bonchev–Trinajstić information content (AvgIpc) is 2.25. The van der Waals surface area contributed by atoms with E-state index in [1.807, 2.05) is 24.4 Å². The van der Waals surface area contributed by atoms with Crippen molar-refractivity contribution in [2.24, 2.45) is 0 Å². The van der Waals surface area contributed by atoms with Crippen molar-refractivity contribution in [1.82, 2.24) is 10.3 Å². The summed E-state index contributed by atoms with van der Waals surface area (Å²) in [6.45, 7) is 4.21. The molecule has 0 saturated carbocycles. The third-order valence-electron chi connectivity index (χ3n) is 2.90. The van der Waals surface area contributed by atoms with Gasteiger partial charge in [-0.05, 0) is 43.2 Å². The first-order valence-corrected chi connectivity index (χ1v) is 5.23. The molecule has 1 atom stereocenters. The molecular weight excluding hydrogens is 208 g/mol. The van der Waals surface area contributed by atoms with Gasteiger partial charge in [0.2, 0.25) is 0 Å². The van der Waals surface area contributed by atoms with Gasteiger partial charge < -0.3 is 5.32 Å². The molecule has 0 amide bonds. The lowest BCUT2D eigenvalue weighted by Gasteiger charge is -2.34. The summed E-state index contributed by atoms with van der Waals surface area (Å²) in [4.78, 5) is 4.02. The van der Waals surface area contributed by atoms with Gasteiger partial charge in [-0.2, -0.15) is 0 Å². The zero-order valence-corrected chi connectivity index (χ0v) is 9.55. The second-order valence-electron chi connectivity index (χ2n) is 3.86. The second-order valence-corrected chi connectivity index (χ2v) is 4.30. The van der Waals surface area contributed by atoms with Gasteiger partial charge in [-0.1, -0.05) is 11.6 Å². The molecule has 2 nitrogen and oxygen atoms in total. The normalized spacial score (nSPS) is 25.3. The molecule has 15 heavy (non-hydrogen) atoms. The zero-order chi connectivity index (χ0) is 10.9. The quantitative estimate of drug-likeness (QED) is 0.787. The molecule has 1 N–H and O–H groups in total. The van der Waals surface area contributed by atoms with Gasteiger partial charge in [0, 0.05) is 18.6 Å². The van der Waals surface area contributed by atoms with Gasteiger partial charge in [-0.3, -0.25) is 4.98 Å². The summed E-state index contributed by atoms with van der Waals surface area (Å²) in [7, 11) is 0. The Hall–Kier alpha value is -1.28. The minimum Gasteiger partial charge on any atom is -0.377 e. The number of pyridine rings is 1. The van der Waals surface area contributed by atoms with Crippen molar-refractivity contribution in [2.45, 2.75) is 19.4 Å². The topological polar surface area (TPSA) is 24.9 Å². The van der Waals surface area contributed by atoms with Crippen LogP contribution in [0.1, 0.15) is 19.4 Å². The first-order valence-electron chi connectivity index (χ1n) is 4.85. The van der Waals surface area contributed by atoms with Gasteiger partial charge in [-0.15, -0.1) is 0 Å². The van der Waals surface area contributed by atoms with Crippen molar-refractivity contribution >= 4 is 11.6 Å². The average molecular weight is 221 g/mol. The maximum atomic E-state index is 5.94. The second kappa shape index (κ2) is 3.70. The van der Waals surface area contributed by atoms with E-state index < -0.39 is 0 Å². The third-order valence-corrected chi connectivity index (χ3v) is 3.12. The Labute approximate surface area is 94.7 Å². The zero-order valence-electron chi connectivity index (χ0n) is 8.79. The molecule has 2 heterocycles. The maximum Gasteiger partial charge on any atom is 0.0808 e. The highest BCUT2D eigenvalue weighted by atomic mass is 35.5. The molecule has 1 aliphatic heterocycles. The first kappa shape index (κ1) is 10.2. The molecule has 78 valence electrons. The summed E-state index contributed by atoms with van der Waals surface area (Å²) < 4.78 is 0. The lowest BCUT2D eigenvalue weighted by atomic mass is 9.84. The van der Waals surface area contributed by atoms with Crippen molar-refractivity contribution in [1.29, 1.82) is 0 Å². The first-order chi connectivity index (χ1) is 7.13. The molecule has 1 unspecified atom stereocenters. The van der Waals surface area contributed by atoms with E-state index in [1.165, 1.54) is 11.1 Å². The molecule has 3 heteroatoms. The van der Waals surface area contributed by atoms with E-state index in [1.54, 1.807) is 12.4 Å². The minimum atomic E-state index is -0.179. The lowest BCUT2D eigenvalue weighted by molar-refractivity contribution is 0.488. The number of dihydropyridines is 1.